The average molecular weight is 339 g/mol. The molecule has 0 atom stereocenters. The molecule has 1 aromatic heterocycles. The molecular formula is C21H23O4+. The van der Waals surface area contributed by atoms with Gasteiger partial charge >= 0.3 is 11.3 Å². The van der Waals surface area contributed by atoms with E-state index in [0.29, 0.717) is 18.1 Å². The van der Waals surface area contributed by atoms with Crippen molar-refractivity contribution in [3.8, 4) is 28.6 Å². The summed E-state index contributed by atoms with van der Waals surface area (Å²) in [7, 11) is 3.24. The highest BCUT2D eigenvalue weighted by atomic mass is 16.5. The predicted octanol–water partition coefficient (Wildman–Crippen LogP) is 5.41. The highest BCUT2D eigenvalue weighted by Crippen LogP contribution is 2.37. The second-order valence-corrected chi connectivity index (χ2v) is 5.91. The van der Waals surface area contributed by atoms with Gasteiger partial charge in [-0.3, -0.25) is 0 Å². The van der Waals surface area contributed by atoms with Crippen molar-refractivity contribution < 1.29 is 18.6 Å². The van der Waals surface area contributed by atoms with Crippen LogP contribution in [0.25, 0.3) is 22.3 Å². The third-order valence-electron chi connectivity index (χ3n) is 4.31. The number of hydrogen-bond donors (Lipinski definition) is 0. The van der Waals surface area contributed by atoms with Gasteiger partial charge in [0, 0.05) is 12.1 Å². The molecule has 0 amide bonds. The third kappa shape index (κ3) is 3.25. The molecule has 4 heteroatoms. The normalized spacial score (nSPS) is 10.8. The van der Waals surface area contributed by atoms with E-state index in [-0.39, 0.29) is 0 Å². The monoisotopic (exact) mass is 339 g/mol. The Labute approximate surface area is 148 Å². The van der Waals surface area contributed by atoms with Crippen LogP contribution in [0.3, 0.4) is 0 Å². The van der Waals surface area contributed by atoms with Gasteiger partial charge in [-0.25, -0.2) is 4.42 Å². The molecule has 0 saturated heterocycles. The lowest BCUT2D eigenvalue weighted by atomic mass is 10.0. The molecule has 0 unspecified atom stereocenters. The van der Waals surface area contributed by atoms with E-state index in [0.717, 1.165) is 28.0 Å². The van der Waals surface area contributed by atoms with Crippen LogP contribution in [0.4, 0.5) is 0 Å². The lowest BCUT2D eigenvalue weighted by molar-refractivity contribution is 0.342. The molecule has 0 aliphatic rings. The first-order chi connectivity index (χ1) is 12.1. The molecule has 0 bridgehead atoms. The summed E-state index contributed by atoms with van der Waals surface area (Å²) in [5, 5.41) is 0.981. The number of benzene rings is 2. The van der Waals surface area contributed by atoms with Crippen molar-refractivity contribution in [2.24, 2.45) is 0 Å². The molecule has 0 aliphatic heterocycles. The van der Waals surface area contributed by atoms with E-state index >= 15 is 0 Å². The zero-order valence-electron chi connectivity index (χ0n) is 15.3. The molecule has 1 heterocycles. The summed E-state index contributed by atoms with van der Waals surface area (Å²) in [6, 6.07) is 11.8. The van der Waals surface area contributed by atoms with Crippen molar-refractivity contribution in [1.29, 1.82) is 0 Å². The third-order valence-corrected chi connectivity index (χ3v) is 4.31. The second kappa shape index (κ2) is 7.01. The van der Waals surface area contributed by atoms with E-state index in [1.165, 1.54) is 11.1 Å². The number of rotatable bonds is 5. The minimum Gasteiger partial charge on any atom is -0.493 e. The Bertz CT molecular complexity index is 915. The van der Waals surface area contributed by atoms with Crippen LogP contribution in [0, 0.1) is 13.8 Å². The fraction of sp³-hybridized carbons (Fsp3) is 0.286. The van der Waals surface area contributed by atoms with Gasteiger partial charge in [0.05, 0.1) is 32.5 Å². The smallest absolute Gasteiger partial charge is 0.364 e. The van der Waals surface area contributed by atoms with Crippen LogP contribution in [-0.2, 0) is 0 Å². The Balaban J connectivity index is 2.21. The Hall–Kier alpha value is -2.75. The molecule has 4 nitrogen and oxygen atoms in total. The maximum atomic E-state index is 6.17. The fourth-order valence-corrected chi connectivity index (χ4v) is 2.82. The Morgan fingerprint density at radius 2 is 1.56 bits per heavy atom. The maximum absolute atomic E-state index is 6.17. The summed E-state index contributed by atoms with van der Waals surface area (Å²) in [6.07, 6.45) is 0. The summed E-state index contributed by atoms with van der Waals surface area (Å²) in [5.74, 6) is 2.88. The first kappa shape index (κ1) is 17.1. The van der Waals surface area contributed by atoms with Gasteiger partial charge in [-0.2, -0.15) is 0 Å². The number of hydrogen-bond acceptors (Lipinski definition) is 3. The molecule has 0 N–H and O–H groups in total. The Morgan fingerprint density at radius 1 is 0.840 bits per heavy atom. The quantitative estimate of drug-likeness (QED) is 0.582. The maximum Gasteiger partial charge on any atom is 0.364 e. The molecule has 3 aromatic rings. The van der Waals surface area contributed by atoms with E-state index in [2.05, 4.69) is 26.0 Å². The first-order valence-corrected chi connectivity index (χ1v) is 8.30. The minimum atomic E-state index is 0.595. The van der Waals surface area contributed by atoms with Gasteiger partial charge in [0.2, 0.25) is 0 Å². The SMILES string of the molecule is CCOc1cc(-c2ccc(OC)c(OC)c2)[o+]c2cc(C)c(C)cc12. The van der Waals surface area contributed by atoms with Crippen LogP contribution >= 0.6 is 0 Å². The molecule has 0 fully saturated rings. The zero-order chi connectivity index (χ0) is 18.0. The molecule has 2 aromatic carbocycles. The van der Waals surface area contributed by atoms with Gasteiger partial charge < -0.3 is 14.2 Å². The standard InChI is InChI=1S/C21H23O4/c1-6-24-19-12-18(15-7-8-17(22-4)21(11-15)23-5)25-20-10-14(3)13(2)9-16(19)20/h7-12H,6H2,1-5H3/q+1. The van der Waals surface area contributed by atoms with Gasteiger partial charge in [-0.15, -0.1) is 0 Å². The van der Waals surface area contributed by atoms with Crippen LogP contribution in [0.2, 0.25) is 0 Å². The first-order valence-electron chi connectivity index (χ1n) is 8.30. The van der Waals surface area contributed by atoms with Gasteiger partial charge in [0.1, 0.15) is 11.1 Å². The zero-order valence-corrected chi connectivity index (χ0v) is 15.3. The molecule has 3 rings (SSSR count). The van der Waals surface area contributed by atoms with Crippen molar-refractivity contribution in [3.05, 3.63) is 47.5 Å². The Kier molecular flexibility index (Phi) is 4.79. The van der Waals surface area contributed by atoms with E-state index in [4.69, 9.17) is 18.6 Å². The summed E-state index contributed by atoms with van der Waals surface area (Å²) >= 11 is 0. The van der Waals surface area contributed by atoms with Crippen LogP contribution in [0.15, 0.2) is 40.8 Å². The van der Waals surface area contributed by atoms with Crippen LogP contribution < -0.4 is 14.2 Å². The van der Waals surface area contributed by atoms with Gasteiger partial charge in [-0.1, -0.05) is 0 Å². The van der Waals surface area contributed by atoms with Crippen molar-refractivity contribution in [2.75, 3.05) is 20.8 Å². The average Bonchev–Trinajstić information content (AvgIpc) is 2.62. The van der Waals surface area contributed by atoms with Crippen molar-refractivity contribution in [2.45, 2.75) is 20.8 Å². The summed E-state index contributed by atoms with van der Waals surface area (Å²) in [6.45, 7) is 6.74. The van der Waals surface area contributed by atoms with Gasteiger partial charge in [0.15, 0.2) is 11.5 Å². The highest BCUT2D eigenvalue weighted by Gasteiger charge is 2.22. The molecule has 0 aliphatic carbocycles. The van der Waals surface area contributed by atoms with Crippen molar-refractivity contribution >= 4 is 11.0 Å². The molecule has 25 heavy (non-hydrogen) atoms. The van der Waals surface area contributed by atoms with E-state index < -0.39 is 0 Å². The largest absolute Gasteiger partial charge is 0.493 e. The highest BCUT2D eigenvalue weighted by molar-refractivity contribution is 5.87. The number of methoxy groups -OCH3 is 2. The molecule has 0 saturated carbocycles. The number of aryl methyl sites for hydroxylation is 2. The van der Waals surface area contributed by atoms with E-state index in [1.807, 2.05) is 31.2 Å². The molecule has 130 valence electrons. The lowest BCUT2D eigenvalue weighted by Gasteiger charge is -2.08. The molecular weight excluding hydrogens is 316 g/mol. The molecule has 0 spiro atoms. The summed E-state index contributed by atoms with van der Waals surface area (Å²) in [4.78, 5) is 0. The van der Waals surface area contributed by atoms with Gasteiger partial charge in [-0.05, 0) is 50.1 Å². The van der Waals surface area contributed by atoms with Gasteiger partial charge in [0.25, 0.3) is 0 Å². The number of ether oxygens (including phenoxy) is 3. The van der Waals surface area contributed by atoms with Crippen molar-refractivity contribution in [3.63, 3.8) is 0 Å². The predicted molar refractivity (Wildman–Crippen MR) is 99.8 cm³/mol. The summed E-state index contributed by atoms with van der Waals surface area (Å²) < 4.78 is 22.7. The summed E-state index contributed by atoms with van der Waals surface area (Å²) in [5.41, 5.74) is 4.10. The second-order valence-electron chi connectivity index (χ2n) is 5.91. The lowest BCUT2D eigenvalue weighted by Crippen LogP contribution is -1.95. The van der Waals surface area contributed by atoms with E-state index in [1.54, 1.807) is 14.2 Å². The van der Waals surface area contributed by atoms with Crippen LogP contribution in [0.5, 0.6) is 17.2 Å². The van der Waals surface area contributed by atoms with Crippen LogP contribution in [0.1, 0.15) is 18.1 Å². The number of fused-ring (bicyclic) bond motifs is 1. The molecule has 0 radical (unpaired) electrons. The fourth-order valence-electron chi connectivity index (χ4n) is 2.82. The van der Waals surface area contributed by atoms with Crippen molar-refractivity contribution in [1.82, 2.24) is 0 Å². The topological polar surface area (TPSA) is 39.0 Å². The Morgan fingerprint density at radius 3 is 2.24 bits per heavy atom. The minimum absolute atomic E-state index is 0.595. The van der Waals surface area contributed by atoms with Crippen LogP contribution in [-0.4, -0.2) is 20.8 Å². The van der Waals surface area contributed by atoms with E-state index in [9.17, 15) is 0 Å².